The number of benzene rings is 1. The molecule has 1 aromatic carbocycles. The van der Waals surface area contributed by atoms with Crippen molar-refractivity contribution < 1.29 is 9.53 Å². The van der Waals surface area contributed by atoms with Crippen LogP contribution in [0.5, 0.6) is 5.75 Å². The van der Waals surface area contributed by atoms with Gasteiger partial charge in [-0.15, -0.1) is 0 Å². The van der Waals surface area contributed by atoms with Crippen molar-refractivity contribution in [3.63, 3.8) is 0 Å². The van der Waals surface area contributed by atoms with Crippen molar-refractivity contribution in [2.75, 3.05) is 20.2 Å². The number of amides is 1. The molecule has 1 rings (SSSR count). The van der Waals surface area contributed by atoms with Crippen LogP contribution in [-0.2, 0) is 4.79 Å². The van der Waals surface area contributed by atoms with Crippen LogP contribution in [0.4, 0.5) is 0 Å². The number of rotatable bonds is 7. The molecule has 0 saturated carbocycles. The summed E-state index contributed by atoms with van der Waals surface area (Å²) in [5, 5.41) is 0. The van der Waals surface area contributed by atoms with Gasteiger partial charge in [-0.25, -0.2) is 0 Å². The Morgan fingerprint density at radius 1 is 1.32 bits per heavy atom. The van der Waals surface area contributed by atoms with Gasteiger partial charge in [-0.05, 0) is 24.0 Å². The van der Waals surface area contributed by atoms with Crippen LogP contribution in [-0.4, -0.2) is 31.0 Å². The van der Waals surface area contributed by atoms with Crippen molar-refractivity contribution in [3.05, 3.63) is 29.8 Å². The van der Waals surface area contributed by atoms with E-state index in [0.717, 1.165) is 30.7 Å². The molecule has 0 saturated heterocycles. The van der Waals surface area contributed by atoms with E-state index in [9.17, 15) is 4.79 Å². The Morgan fingerprint density at radius 2 is 2.00 bits per heavy atom. The Balaban J connectivity index is 2.55. The van der Waals surface area contributed by atoms with Crippen LogP contribution < -0.4 is 4.74 Å². The second-order valence-corrected chi connectivity index (χ2v) is 5.15. The Bertz CT molecular complexity index is 401. The maximum atomic E-state index is 11.9. The fourth-order valence-corrected chi connectivity index (χ4v) is 1.86. The highest BCUT2D eigenvalue weighted by molar-refractivity contribution is 5.77. The average Bonchev–Trinajstić information content (AvgIpc) is 2.42. The van der Waals surface area contributed by atoms with Gasteiger partial charge in [0.25, 0.3) is 5.91 Å². The zero-order chi connectivity index (χ0) is 14.3. The number of carbonyl (C=O) groups is 1. The van der Waals surface area contributed by atoms with E-state index >= 15 is 0 Å². The highest BCUT2D eigenvalue weighted by Crippen LogP contribution is 2.25. The van der Waals surface area contributed by atoms with E-state index in [1.165, 1.54) is 0 Å². The molecule has 0 aliphatic heterocycles. The van der Waals surface area contributed by atoms with Crippen LogP contribution in [0.3, 0.4) is 0 Å². The van der Waals surface area contributed by atoms with Gasteiger partial charge in [-0.2, -0.15) is 0 Å². The summed E-state index contributed by atoms with van der Waals surface area (Å²) >= 11 is 0. The molecule has 0 aliphatic rings. The summed E-state index contributed by atoms with van der Waals surface area (Å²) in [6.07, 6.45) is 2.12. The van der Waals surface area contributed by atoms with E-state index in [4.69, 9.17) is 4.74 Å². The quantitative estimate of drug-likeness (QED) is 0.754. The van der Waals surface area contributed by atoms with E-state index in [2.05, 4.69) is 20.8 Å². The Hall–Kier alpha value is -1.51. The van der Waals surface area contributed by atoms with E-state index in [1.54, 1.807) is 4.90 Å². The first-order valence-corrected chi connectivity index (χ1v) is 7.02. The molecule has 0 unspecified atom stereocenters. The number of para-hydroxylation sites is 1. The van der Waals surface area contributed by atoms with Crippen molar-refractivity contribution in [1.82, 2.24) is 4.90 Å². The minimum Gasteiger partial charge on any atom is -0.483 e. The van der Waals surface area contributed by atoms with Gasteiger partial charge in [-0.3, -0.25) is 4.79 Å². The molecule has 0 radical (unpaired) electrons. The molecule has 106 valence electrons. The van der Waals surface area contributed by atoms with Crippen LogP contribution in [0.1, 0.15) is 45.1 Å². The minimum absolute atomic E-state index is 0.0343. The Morgan fingerprint density at radius 3 is 2.63 bits per heavy atom. The number of carbonyl (C=O) groups excluding carboxylic acids is 1. The monoisotopic (exact) mass is 263 g/mol. The second kappa shape index (κ2) is 7.82. The summed E-state index contributed by atoms with van der Waals surface area (Å²) in [5.74, 6) is 1.24. The van der Waals surface area contributed by atoms with Gasteiger partial charge in [0.1, 0.15) is 5.75 Å². The number of hydrogen-bond donors (Lipinski definition) is 0. The van der Waals surface area contributed by atoms with Crippen LogP contribution in [0.25, 0.3) is 0 Å². The molecule has 0 bridgehead atoms. The van der Waals surface area contributed by atoms with Gasteiger partial charge in [0.05, 0.1) is 0 Å². The molecule has 0 spiro atoms. The van der Waals surface area contributed by atoms with E-state index in [0.29, 0.717) is 5.92 Å². The van der Waals surface area contributed by atoms with Crippen LogP contribution in [0.15, 0.2) is 24.3 Å². The van der Waals surface area contributed by atoms with Gasteiger partial charge < -0.3 is 9.64 Å². The molecule has 0 heterocycles. The van der Waals surface area contributed by atoms with Crippen LogP contribution in [0, 0.1) is 0 Å². The molecule has 3 nitrogen and oxygen atoms in total. The van der Waals surface area contributed by atoms with Crippen LogP contribution in [0.2, 0.25) is 0 Å². The predicted molar refractivity (Wildman–Crippen MR) is 78.6 cm³/mol. The van der Waals surface area contributed by atoms with Crippen LogP contribution >= 0.6 is 0 Å². The molecule has 3 heteroatoms. The maximum absolute atomic E-state index is 11.9. The lowest BCUT2D eigenvalue weighted by molar-refractivity contribution is -0.132. The zero-order valence-electron chi connectivity index (χ0n) is 12.5. The summed E-state index contributed by atoms with van der Waals surface area (Å²) in [6.45, 7) is 7.27. The third kappa shape index (κ3) is 4.93. The topological polar surface area (TPSA) is 29.5 Å². The largest absolute Gasteiger partial charge is 0.483 e. The van der Waals surface area contributed by atoms with Gasteiger partial charge >= 0.3 is 0 Å². The molecule has 0 N–H and O–H groups in total. The molecular weight excluding hydrogens is 238 g/mol. The fraction of sp³-hybridized carbons (Fsp3) is 0.562. The molecule has 0 fully saturated rings. The van der Waals surface area contributed by atoms with Gasteiger partial charge in [0.15, 0.2) is 6.61 Å². The van der Waals surface area contributed by atoms with E-state index in [1.807, 2.05) is 31.3 Å². The third-order valence-electron chi connectivity index (χ3n) is 3.16. The van der Waals surface area contributed by atoms with Gasteiger partial charge in [0, 0.05) is 13.6 Å². The Kier molecular flexibility index (Phi) is 6.40. The van der Waals surface area contributed by atoms with Crippen molar-refractivity contribution in [3.8, 4) is 5.75 Å². The summed E-state index contributed by atoms with van der Waals surface area (Å²) in [5.41, 5.74) is 1.14. The number of likely N-dealkylation sites (N-methyl/N-ethyl adjacent to an activating group) is 1. The van der Waals surface area contributed by atoms with Crippen molar-refractivity contribution in [2.24, 2.45) is 0 Å². The van der Waals surface area contributed by atoms with Crippen molar-refractivity contribution in [1.29, 1.82) is 0 Å². The first-order valence-electron chi connectivity index (χ1n) is 7.02. The average molecular weight is 263 g/mol. The van der Waals surface area contributed by atoms with E-state index in [-0.39, 0.29) is 12.5 Å². The molecular formula is C16H25NO2. The standard InChI is InChI=1S/C16H25NO2/c1-5-6-11-17(4)16(18)12-19-15-10-8-7-9-14(15)13(2)3/h7-10,13H,5-6,11-12H2,1-4H3. The molecule has 1 aromatic rings. The predicted octanol–water partition coefficient (Wildman–Crippen LogP) is 3.45. The SMILES string of the molecule is CCCCN(C)C(=O)COc1ccccc1C(C)C. The summed E-state index contributed by atoms with van der Waals surface area (Å²) < 4.78 is 5.67. The molecule has 0 aromatic heterocycles. The summed E-state index contributed by atoms with van der Waals surface area (Å²) in [7, 11) is 1.83. The zero-order valence-corrected chi connectivity index (χ0v) is 12.5. The normalized spacial score (nSPS) is 10.6. The van der Waals surface area contributed by atoms with Gasteiger partial charge in [-0.1, -0.05) is 45.4 Å². The molecule has 0 aliphatic carbocycles. The number of unbranched alkanes of at least 4 members (excludes halogenated alkanes) is 1. The first kappa shape index (κ1) is 15.5. The fourth-order valence-electron chi connectivity index (χ4n) is 1.86. The number of hydrogen-bond acceptors (Lipinski definition) is 2. The number of nitrogens with zero attached hydrogens (tertiary/aromatic N) is 1. The minimum atomic E-state index is 0.0343. The lowest BCUT2D eigenvalue weighted by Gasteiger charge is -2.18. The summed E-state index contributed by atoms with van der Waals surface area (Å²) in [6, 6.07) is 7.91. The lowest BCUT2D eigenvalue weighted by atomic mass is 10.0. The lowest BCUT2D eigenvalue weighted by Crippen LogP contribution is -2.32. The van der Waals surface area contributed by atoms with E-state index < -0.39 is 0 Å². The molecule has 0 atom stereocenters. The maximum Gasteiger partial charge on any atom is 0.260 e. The van der Waals surface area contributed by atoms with Gasteiger partial charge in [0.2, 0.25) is 0 Å². The highest BCUT2D eigenvalue weighted by Gasteiger charge is 2.11. The Labute approximate surface area is 116 Å². The molecule has 1 amide bonds. The summed E-state index contributed by atoms with van der Waals surface area (Å²) in [4.78, 5) is 13.6. The van der Waals surface area contributed by atoms with Crippen molar-refractivity contribution >= 4 is 5.91 Å². The third-order valence-corrected chi connectivity index (χ3v) is 3.16. The van der Waals surface area contributed by atoms with Crippen molar-refractivity contribution in [2.45, 2.75) is 39.5 Å². The number of ether oxygens (including phenoxy) is 1. The highest BCUT2D eigenvalue weighted by atomic mass is 16.5. The molecule has 19 heavy (non-hydrogen) atoms. The first-order chi connectivity index (χ1) is 9.06. The smallest absolute Gasteiger partial charge is 0.260 e. The second-order valence-electron chi connectivity index (χ2n) is 5.15.